The van der Waals surface area contributed by atoms with Gasteiger partial charge >= 0.3 is 0 Å². The van der Waals surface area contributed by atoms with Crippen molar-refractivity contribution in [1.29, 1.82) is 5.26 Å². The monoisotopic (exact) mass is 336 g/mol. The largest absolute Gasteiger partial charge is 0.251 e. The average molecular weight is 337 g/mol. The van der Waals surface area contributed by atoms with Gasteiger partial charge in [-0.1, -0.05) is 54.1 Å². The van der Waals surface area contributed by atoms with Crippen LogP contribution in [0.2, 0.25) is 5.02 Å². The molecule has 0 bridgehead atoms. The van der Waals surface area contributed by atoms with E-state index in [0.29, 0.717) is 13.0 Å². The van der Waals surface area contributed by atoms with Crippen molar-refractivity contribution in [2.45, 2.75) is 24.8 Å². The summed E-state index contributed by atoms with van der Waals surface area (Å²) in [6.45, 7) is 0.473. The second-order valence-corrected chi connectivity index (χ2v) is 6.22. The first-order chi connectivity index (χ1) is 11.7. The SMILES string of the molecule is N#C[C@](CCc1ccc(Cl)cc1)(Cn1cncn1)c1ccccc1. The number of hydrogen-bond acceptors (Lipinski definition) is 3. The quantitative estimate of drug-likeness (QED) is 0.683. The van der Waals surface area contributed by atoms with E-state index in [1.807, 2.05) is 54.6 Å². The van der Waals surface area contributed by atoms with E-state index in [-0.39, 0.29) is 0 Å². The topological polar surface area (TPSA) is 54.5 Å². The lowest BCUT2D eigenvalue weighted by Crippen LogP contribution is -2.31. The fourth-order valence-electron chi connectivity index (χ4n) is 2.83. The number of nitriles is 1. The third-order valence-electron chi connectivity index (χ3n) is 4.19. The van der Waals surface area contributed by atoms with Crippen molar-refractivity contribution in [2.24, 2.45) is 0 Å². The van der Waals surface area contributed by atoms with Crippen LogP contribution in [0.25, 0.3) is 0 Å². The van der Waals surface area contributed by atoms with Gasteiger partial charge in [-0.25, -0.2) is 4.98 Å². The Kier molecular flexibility index (Phi) is 4.93. The molecule has 0 aliphatic carbocycles. The van der Waals surface area contributed by atoms with E-state index in [2.05, 4.69) is 16.2 Å². The molecule has 0 spiro atoms. The second-order valence-electron chi connectivity index (χ2n) is 5.78. The van der Waals surface area contributed by atoms with E-state index in [1.54, 1.807) is 11.0 Å². The molecule has 0 unspecified atom stereocenters. The third-order valence-corrected chi connectivity index (χ3v) is 4.44. The van der Waals surface area contributed by atoms with Crippen molar-refractivity contribution in [3.05, 3.63) is 83.4 Å². The Labute approximate surface area is 146 Å². The molecule has 0 fully saturated rings. The summed E-state index contributed by atoms with van der Waals surface area (Å²) in [5, 5.41) is 14.9. The standard InChI is InChI=1S/C19H17ClN4/c20-18-8-6-16(7-9-18)10-11-19(12-21,13-24-15-22-14-23-24)17-4-2-1-3-5-17/h1-9,14-15H,10-11,13H2/t19-/m1/s1. The van der Waals surface area contributed by atoms with Crippen LogP contribution in [-0.2, 0) is 18.4 Å². The van der Waals surface area contributed by atoms with E-state index in [0.717, 1.165) is 22.6 Å². The molecule has 0 saturated carbocycles. The molecule has 1 atom stereocenters. The molecule has 1 heterocycles. The fourth-order valence-corrected chi connectivity index (χ4v) is 2.95. The minimum Gasteiger partial charge on any atom is -0.251 e. The van der Waals surface area contributed by atoms with Gasteiger partial charge in [0.1, 0.15) is 18.1 Å². The van der Waals surface area contributed by atoms with Crippen molar-refractivity contribution < 1.29 is 0 Å². The van der Waals surface area contributed by atoms with Crippen LogP contribution in [0.4, 0.5) is 0 Å². The maximum absolute atomic E-state index is 10.0. The Bertz CT molecular complexity index is 807. The maximum Gasteiger partial charge on any atom is 0.137 e. The molecule has 120 valence electrons. The number of rotatable bonds is 6. The van der Waals surface area contributed by atoms with E-state index >= 15 is 0 Å². The lowest BCUT2D eigenvalue weighted by Gasteiger charge is -2.27. The summed E-state index contributed by atoms with van der Waals surface area (Å²) >= 11 is 5.95. The molecule has 0 saturated heterocycles. The Morgan fingerprint density at radius 2 is 1.83 bits per heavy atom. The summed E-state index contributed by atoms with van der Waals surface area (Å²) in [6.07, 6.45) is 4.62. The predicted molar refractivity (Wildman–Crippen MR) is 93.5 cm³/mol. The molecule has 1 aromatic heterocycles. The van der Waals surface area contributed by atoms with Crippen LogP contribution in [0, 0.1) is 11.3 Å². The predicted octanol–water partition coefficient (Wildman–Crippen LogP) is 4.03. The lowest BCUT2D eigenvalue weighted by molar-refractivity contribution is 0.402. The van der Waals surface area contributed by atoms with Gasteiger partial charge < -0.3 is 0 Å². The molecule has 2 aromatic carbocycles. The minimum atomic E-state index is -0.658. The third kappa shape index (κ3) is 3.64. The smallest absolute Gasteiger partial charge is 0.137 e. The summed E-state index contributed by atoms with van der Waals surface area (Å²) in [7, 11) is 0. The van der Waals surface area contributed by atoms with E-state index in [1.165, 1.54) is 6.33 Å². The van der Waals surface area contributed by atoms with E-state index in [9.17, 15) is 5.26 Å². The lowest BCUT2D eigenvalue weighted by atomic mass is 9.77. The minimum absolute atomic E-state index is 0.473. The first-order valence-corrected chi connectivity index (χ1v) is 8.13. The van der Waals surface area contributed by atoms with Crippen molar-refractivity contribution in [2.75, 3.05) is 0 Å². The van der Waals surface area contributed by atoms with Gasteiger partial charge in [0.15, 0.2) is 0 Å². The van der Waals surface area contributed by atoms with Gasteiger partial charge in [0, 0.05) is 5.02 Å². The molecular formula is C19H17ClN4. The van der Waals surface area contributed by atoms with Gasteiger partial charge in [-0.2, -0.15) is 10.4 Å². The Morgan fingerprint density at radius 3 is 2.46 bits per heavy atom. The van der Waals surface area contributed by atoms with Gasteiger partial charge in [-0.05, 0) is 36.1 Å². The highest BCUT2D eigenvalue weighted by molar-refractivity contribution is 6.30. The van der Waals surface area contributed by atoms with E-state index in [4.69, 9.17) is 11.6 Å². The second kappa shape index (κ2) is 7.29. The van der Waals surface area contributed by atoms with Gasteiger partial charge in [0.05, 0.1) is 12.6 Å². The molecule has 3 rings (SSSR count). The molecular weight excluding hydrogens is 320 g/mol. The van der Waals surface area contributed by atoms with Crippen molar-refractivity contribution in [3.8, 4) is 6.07 Å². The molecule has 0 amide bonds. The Morgan fingerprint density at radius 1 is 1.08 bits per heavy atom. The first-order valence-electron chi connectivity index (χ1n) is 7.75. The Balaban J connectivity index is 1.89. The Hall–Kier alpha value is -2.64. The van der Waals surface area contributed by atoms with Crippen molar-refractivity contribution in [1.82, 2.24) is 14.8 Å². The van der Waals surface area contributed by atoms with Crippen molar-refractivity contribution >= 4 is 11.6 Å². The summed E-state index contributed by atoms with van der Waals surface area (Å²) in [5.74, 6) is 0. The molecule has 24 heavy (non-hydrogen) atoms. The number of aromatic nitrogens is 3. The van der Waals surface area contributed by atoms with Gasteiger partial charge in [0.25, 0.3) is 0 Å². The fraction of sp³-hybridized carbons (Fsp3) is 0.211. The van der Waals surface area contributed by atoms with Crippen LogP contribution >= 0.6 is 11.6 Å². The van der Waals surface area contributed by atoms with Crippen LogP contribution in [0.15, 0.2) is 67.3 Å². The van der Waals surface area contributed by atoms with Crippen LogP contribution in [0.5, 0.6) is 0 Å². The highest BCUT2D eigenvalue weighted by atomic mass is 35.5. The number of halogens is 1. The normalized spacial score (nSPS) is 13.2. The molecule has 0 radical (unpaired) electrons. The van der Waals surface area contributed by atoms with Crippen LogP contribution in [0.3, 0.4) is 0 Å². The molecule has 4 nitrogen and oxygen atoms in total. The zero-order valence-corrected chi connectivity index (χ0v) is 13.9. The number of hydrogen-bond donors (Lipinski definition) is 0. The zero-order chi connectivity index (χ0) is 16.8. The molecule has 0 N–H and O–H groups in total. The van der Waals surface area contributed by atoms with Crippen LogP contribution in [-0.4, -0.2) is 14.8 Å². The van der Waals surface area contributed by atoms with Gasteiger partial charge in [-0.15, -0.1) is 0 Å². The number of aryl methyl sites for hydroxylation is 1. The summed E-state index contributed by atoms with van der Waals surface area (Å²) < 4.78 is 1.72. The number of benzene rings is 2. The molecule has 5 heteroatoms. The summed E-state index contributed by atoms with van der Waals surface area (Å²) in [4.78, 5) is 3.99. The first kappa shape index (κ1) is 16.2. The maximum atomic E-state index is 10.0. The average Bonchev–Trinajstić information content (AvgIpc) is 3.14. The zero-order valence-electron chi connectivity index (χ0n) is 13.1. The van der Waals surface area contributed by atoms with Gasteiger partial charge in [0.2, 0.25) is 0 Å². The van der Waals surface area contributed by atoms with Gasteiger partial charge in [-0.3, -0.25) is 4.68 Å². The molecule has 0 aliphatic heterocycles. The highest BCUT2D eigenvalue weighted by Gasteiger charge is 2.33. The van der Waals surface area contributed by atoms with Crippen LogP contribution in [0.1, 0.15) is 17.5 Å². The van der Waals surface area contributed by atoms with Crippen molar-refractivity contribution in [3.63, 3.8) is 0 Å². The van der Waals surface area contributed by atoms with E-state index < -0.39 is 5.41 Å². The highest BCUT2D eigenvalue weighted by Crippen LogP contribution is 2.31. The summed E-state index contributed by atoms with van der Waals surface area (Å²) in [6, 6.07) is 20.2. The molecule has 0 aliphatic rings. The number of nitrogens with zero attached hydrogens (tertiary/aromatic N) is 4. The van der Waals surface area contributed by atoms with Crippen LogP contribution < -0.4 is 0 Å². The summed E-state index contributed by atoms with van der Waals surface area (Å²) in [5.41, 5.74) is 1.50. The molecule has 3 aromatic rings.